The number of hydrogen-bond acceptors (Lipinski definition) is 2. The summed E-state index contributed by atoms with van der Waals surface area (Å²) < 4.78 is 0. The first-order chi connectivity index (χ1) is 8.75. The molecule has 1 heterocycles. The van der Waals surface area contributed by atoms with Crippen molar-refractivity contribution in [3.63, 3.8) is 0 Å². The summed E-state index contributed by atoms with van der Waals surface area (Å²) in [6.45, 7) is 2.00. The smallest absolute Gasteiger partial charge is 0.203 e. The lowest BCUT2D eigenvalue weighted by Gasteiger charge is -2.26. The highest BCUT2D eigenvalue weighted by Crippen LogP contribution is 2.36. The molecule has 0 bridgehead atoms. The SMILES string of the molecule is Cc1ccsc1C(=O)c1cccc(C2CCC2)c1. The van der Waals surface area contributed by atoms with E-state index in [4.69, 9.17) is 0 Å². The monoisotopic (exact) mass is 256 g/mol. The molecule has 0 aliphatic heterocycles. The van der Waals surface area contributed by atoms with E-state index in [2.05, 4.69) is 12.1 Å². The molecule has 0 unspecified atom stereocenters. The minimum atomic E-state index is 0.170. The summed E-state index contributed by atoms with van der Waals surface area (Å²) in [5.41, 5.74) is 3.25. The van der Waals surface area contributed by atoms with Crippen LogP contribution in [0.15, 0.2) is 35.7 Å². The van der Waals surface area contributed by atoms with Gasteiger partial charge in [-0.3, -0.25) is 4.79 Å². The molecule has 0 radical (unpaired) electrons. The van der Waals surface area contributed by atoms with E-state index in [1.165, 1.54) is 36.2 Å². The van der Waals surface area contributed by atoms with E-state index in [0.717, 1.165) is 16.0 Å². The molecule has 92 valence electrons. The van der Waals surface area contributed by atoms with E-state index in [0.29, 0.717) is 5.92 Å². The molecular formula is C16H16OS. The van der Waals surface area contributed by atoms with Crippen LogP contribution in [-0.4, -0.2) is 5.78 Å². The minimum absolute atomic E-state index is 0.170. The summed E-state index contributed by atoms with van der Waals surface area (Å²) >= 11 is 1.54. The van der Waals surface area contributed by atoms with E-state index < -0.39 is 0 Å². The molecule has 0 atom stereocenters. The number of ketones is 1. The van der Waals surface area contributed by atoms with Crippen LogP contribution in [0.2, 0.25) is 0 Å². The van der Waals surface area contributed by atoms with Gasteiger partial charge in [-0.2, -0.15) is 0 Å². The normalized spacial score (nSPS) is 15.4. The van der Waals surface area contributed by atoms with Crippen molar-refractivity contribution in [1.82, 2.24) is 0 Å². The Morgan fingerprint density at radius 3 is 2.72 bits per heavy atom. The summed E-state index contributed by atoms with van der Waals surface area (Å²) in [6, 6.07) is 10.2. The number of carbonyl (C=O) groups excluding carboxylic acids is 1. The zero-order valence-corrected chi connectivity index (χ0v) is 11.3. The maximum Gasteiger partial charge on any atom is 0.203 e. The van der Waals surface area contributed by atoms with Crippen LogP contribution in [0.25, 0.3) is 0 Å². The van der Waals surface area contributed by atoms with Crippen LogP contribution in [0.3, 0.4) is 0 Å². The van der Waals surface area contributed by atoms with E-state index in [-0.39, 0.29) is 5.78 Å². The number of hydrogen-bond donors (Lipinski definition) is 0. The number of rotatable bonds is 3. The van der Waals surface area contributed by atoms with Gasteiger partial charge in [0.2, 0.25) is 5.78 Å². The maximum atomic E-state index is 12.4. The molecule has 1 nitrogen and oxygen atoms in total. The Bertz CT molecular complexity index is 578. The molecule has 2 aromatic rings. The second-order valence-electron chi connectivity index (χ2n) is 5.02. The van der Waals surface area contributed by atoms with Crippen LogP contribution in [0.1, 0.15) is 51.5 Å². The van der Waals surface area contributed by atoms with Gasteiger partial charge in [-0.05, 0) is 54.3 Å². The van der Waals surface area contributed by atoms with Gasteiger partial charge < -0.3 is 0 Å². The second-order valence-corrected chi connectivity index (χ2v) is 5.93. The predicted molar refractivity (Wildman–Crippen MR) is 75.5 cm³/mol. The molecule has 3 rings (SSSR count). The predicted octanol–water partition coefficient (Wildman–Crippen LogP) is 4.56. The van der Waals surface area contributed by atoms with E-state index in [1.807, 2.05) is 30.5 Å². The molecule has 1 aliphatic rings. The Hall–Kier alpha value is -1.41. The topological polar surface area (TPSA) is 17.1 Å². The summed E-state index contributed by atoms with van der Waals surface area (Å²) in [4.78, 5) is 13.3. The molecule has 0 spiro atoms. The Balaban J connectivity index is 1.92. The highest BCUT2D eigenvalue weighted by molar-refractivity contribution is 7.12. The van der Waals surface area contributed by atoms with Crippen molar-refractivity contribution in [1.29, 1.82) is 0 Å². The molecule has 1 aromatic heterocycles. The molecule has 1 saturated carbocycles. The Morgan fingerprint density at radius 1 is 1.28 bits per heavy atom. The van der Waals surface area contributed by atoms with Crippen LogP contribution < -0.4 is 0 Å². The van der Waals surface area contributed by atoms with Gasteiger partial charge in [0.15, 0.2) is 0 Å². The van der Waals surface area contributed by atoms with Gasteiger partial charge in [0, 0.05) is 5.56 Å². The molecule has 0 amide bonds. The fourth-order valence-corrected chi connectivity index (χ4v) is 3.30. The van der Waals surface area contributed by atoms with Gasteiger partial charge in [-0.15, -0.1) is 11.3 Å². The van der Waals surface area contributed by atoms with Gasteiger partial charge in [0.1, 0.15) is 0 Å². The second kappa shape index (κ2) is 4.69. The first-order valence-electron chi connectivity index (χ1n) is 6.44. The van der Waals surface area contributed by atoms with Crippen LogP contribution in [0.5, 0.6) is 0 Å². The number of thiophene rings is 1. The minimum Gasteiger partial charge on any atom is -0.288 e. The van der Waals surface area contributed by atoms with Gasteiger partial charge in [0.05, 0.1) is 4.88 Å². The largest absolute Gasteiger partial charge is 0.288 e. The third-order valence-electron chi connectivity index (χ3n) is 3.79. The third-order valence-corrected chi connectivity index (χ3v) is 4.81. The number of aryl methyl sites for hydroxylation is 1. The molecule has 0 N–H and O–H groups in total. The third kappa shape index (κ3) is 2.01. The van der Waals surface area contributed by atoms with Crippen LogP contribution >= 0.6 is 11.3 Å². The van der Waals surface area contributed by atoms with Crippen molar-refractivity contribution < 1.29 is 4.79 Å². The highest BCUT2D eigenvalue weighted by atomic mass is 32.1. The van der Waals surface area contributed by atoms with E-state index >= 15 is 0 Å². The zero-order valence-electron chi connectivity index (χ0n) is 10.5. The lowest BCUT2D eigenvalue weighted by Crippen LogP contribution is -2.10. The summed E-state index contributed by atoms with van der Waals surface area (Å²) in [7, 11) is 0. The molecule has 1 aromatic carbocycles. The molecule has 1 fully saturated rings. The Kier molecular flexibility index (Phi) is 3.04. The van der Waals surface area contributed by atoms with Crippen molar-refractivity contribution in [3.8, 4) is 0 Å². The number of benzene rings is 1. The van der Waals surface area contributed by atoms with E-state index in [1.54, 1.807) is 0 Å². The Labute approximate surface area is 111 Å². The van der Waals surface area contributed by atoms with Crippen molar-refractivity contribution in [2.45, 2.75) is 32.1 Å². The molecule has 1 aliphatic carbocycles. The van der Waals surface area contributed by atoms with Gasteiger partial charge in [-0.25, -0.2) is 0 Å². The standard InChI is InChI=1S/C16H16OS/c1-11-8-9-18-16(11)15(17)14-7-3-6-13(10-14)12-4-2-5-12/h3,6-10,12H,2,4-5H2,1H3. The van der Waals surface area contributed by atoms with Gasteiger partial charge in [-0.1, -0.05) is 24.6 Å². The molecule has 0 saturated heterocycles. The van der Waals surface area contributed by atoms with Crippen LogP contribution in [0, 0.1) is 6.92 Å². The molecule has 2 heteroatoms. The number of carbonyl (C=O) groups is 1. The van der Waals surface area contributed by atoms with Crippen molar-refractivity contribution in [3.05, 3.63) is 57.3 Å². The van der Waals surface area contributed by atoms with Crippen LogP contribution in [0.4, 0.5) is 0 Å². The van der Waals surface area contributed by atoms with Crippen molar-refractivity contribution >= 4 is 17.1 Å². The zero-order chi connectivity index (χ0) is 12.5. The lowest BCUT2D eigenvalue weighted by molar-refractivity contribution is 0.104. The molecular weight excluding hydrogens is 240 g/mol. The lowest BCUT2D eigenvalue weighted by atomic mass is 9.79. The van der Waals surface area contributed by atoms with Gasteiger partial charge in [0.25, 0.3) is 0 Å². The van der Waals surface area contributed by atoms with Crippen molar-refractivity contribution in [2.24, 2.45) is 0 Å². The fraction of sp³-hybridized carbons (Fsp3) is 0.312. The first-order valence-corrected chi connectivity index (χ1v) is 7.32. The Morgan fingerprint density at radius 2 is 2.11 bits per heavy atom. The average molecular weight is 256 g/mol. The van der Waals surface area contributed by atoms with E-state index in [9.17, 15) is 4.79 Å². The van der Waals surface area contributed by atoms with Crippen LogP contribution in [-0.2, 0) is 0 Å². The average Bonchev–Trinajstić information content (AvgIpc) is 2.73. The summed E-state index contributed by atoms with van der Waals surface area (Å²) in [5.74, 6) is 0.853. The maximum absolute atomic E-state index is 12.4. The quantitative estimate of drug-likeness (QED) is 0.736. The highest BCUT2D eigenvalue weighted by Gasteiger charge is 2.21. The first kappa shape index (κ1) is 11.7. The van der Waals surface area contributed by atoms with Gasteiger partial charge >= 0.3 is 0 Å². The summed E-state index contributed by atoms with van der Waals surface area (Å²) in [6.07, 6.45) is 3.87. The van der Waals surface area contributed by atoms with Crippen molar-refractivity contribution in [2.75, 3.05) is 0 Å². The molecule has 18 heavy (non-hydrogen) atoms. The fourth-order valence-electron chi connectivity index (χ4n) is 2.41. The summed E-state index contributed by atoms with van der Waals surface area (Å²) in [5, 5.41) is 1.98.